The summed E-state index contributed by atoms with van der Waals surface area (Å²) in [6, 6.07) is 10.1. The van der Waals surface area contributed by atoms with Gasteiger partial charge in [-0.15, -0.1) is 0 Å². The van der Waals surface area contributed by atoms with E-state index in [0.29, 0.717) is 30.7 Å². The summed E-state index contributed by atoms with van der Waals surface area (Å²) in [6.45, 7) is 3.67. The Balaban J connectivity index is 1.27. The third kappa shape index (κ3) is 5.24. The van der Waals surface area contributed by atoms with Crippen molar-refractivity contribution in [3.05, 3.63) is 53.3 Å². The molecule has 0 bridgehead atoms. The van der Waals surface area contributed by atoms with Crippen molar-refractivity contribution in [1.82, 2.24) is 14.8 Å². The first-order valence-corrected chi connectivity index (χ1v) is 12.7. The molecule has 1 aliphatic carbocycles. The molecular formula is C27H32F3N5O. The zero-order valence-electron chi connectivity index (χ0n) is 20.5. The van der Waals surface area contributed by atoms with Crippen LogP contribution >= 0.6 is 0 Å². The minimum atomic E-state index is -4.56. The molecule has 6 nitrogen and oxygen atoms in total. The number of amides is 1. The highest BCUT2D eigenvalue weighted by Gasteiger charge is 2.44. The van der Waals surface area contributed by atoms with E-state index in [1.54, 1.807) is 12.1 Å². The molecule has 1 aromatic heterocycles. The average molecular weight is 500 g/mol. The number of nitrogens with one attached hydrogen (secondary N) is 1. The normalized spacial score (nSPS) is 23.6. The second kappa shape index (κ2) is 9.81. The molecule has 0 unspecified atom stereocenters. The van der Waals surface area contributed by atoms with Crippen LogP contribution in [-0.4, -0.2) is 47.6 Å². The maximum atomic E-state index is 13.4. The van der Waals surface area contributed by atoms with Gasteiger partial charge in [0.2, 0.25) is 5.91 Å². The Hall–Kier alpha value is -2.99. The van der Waals surface area contributed by atoms with Crippen molar-refractivity contribution in [3.8, 4) is 6.07 Å². The lowest BCUT2D eigenvalue weighted by Crippen LogP contribution is -2.42. The first-order valence-electron chi connectivity index (χ1n) is 12.7. The van der Waals surface area contributed by atoms with Gasteiger partial charge in [0.15, 0.2) is 0 Å². The van der Waals surface area contributed by atoms with E-state index in [4.69, 9.17) is 5.26 Å². The highest BCUT2D eigenvalue weighted by molar-refractivity contribution is 5.80. The van der Waals surface area contributed by atoms with Gasteiger partial charge in [0.1, 0.15) is 0 Å². The van der Waals surface area contributed by atoms with Crippen LogP contribution in [0.1, 0.15) is 42.5 Å². The summed E-state index contributed by atoms with van der Waals surface area (Å²) in [6.07, 6.45) is 1.24. The fraction of sp³-hybridized carbons (Fsp3) is 0.556. The van der Waals surface area contributed by atoms with E-state index in [9.17, 15) is 18.0 Å². The van der Waals surface area contributed by atoms with Crippen LogP contribution in [0.5, 0.6) is 0 Å². The number of hydrogen-bond acceptors (Lipinski definition) is 4. The number of aryl methyl sites for hydroxylation is 1. The van der Waals surface area contributed by atoms with Crippen molar-refractivity contribution < 1.29 is 18.0 Å². The Labute approximate surface area is 209 Å². The fourth-order valence-electron chi connectivity index (χ4n) is 5.87. The predicted molar refractivity (Wildman–Crippen MR) is 130 cm³/mol. The van der Waals surface area contributed by atoms with Gasteiger partial charge in [-0.2, -0.15) is 18.4 Å². The van der Waals surface area contributed by atoms with Gasteiger partial charge in [-0.3, -0.25) is 9.69 Å². The third-order valence-corrected chi connectivity index (χ3v) is 8.08. The topological polar surface area (TPSA) is 64.3 Å². The number of rotatable bonds is 6. The molecule has 2 aromatic rings. The Morgan fingerprint density at radius 3 is 2.50 bits per heavy atom. The van der Waals surface area contributed by atoms with Gasteiger partial charge < -0.3 is 14.8 Å². The van der Waals surface area contributed by atoms with Gasteiger partial charge in [-0.25, -0.2) is 0 Å². The summed E-state index contributed by atoms with van der Waals surface area (Å²) < 4.78 is 42.4. The molecule has 2 atom stereocenters. The SMILES string of the molecule is Cn1cccc1CN1C[C@@H](C(=O)NC2CC2)[C@H](C2CCN(c3ccc(C#N)c(C(F)(F)F)c3)CC2)C1. The number of likely N-dealkylation sites (tertiary alicyclic amines) is 1. The zero-order chi connectivity index (χ0) is 25.4. The van der Waals surface area contributed by atoms with E-state index in [1.165, 1.54) is 11.8 Å². The van der Waals surface area contributed by atoms with Crippen LogP contribution in [0.25, 0.3) is 0 Å². The Kier molecular flexibility index (Phi) is 6.73. The molecule has 9 heteroatoms. The number of alkyl halides is 3. The van der Waals surface area contributed by atoms with E-state index < -0.39 is 11.7 Å². The lowest BCUT2D eigenvalue weighted by Gasteiger charge is -2.37. The lowest BCUT2D eigenvalue weighted by molar-refractivity contribution is -0.137. The molecule has 2 saturated heterocycles. The number of anilines is 1. The number of piperidine rings is 1. The maximum absolute atomic E-state index is 13.4. The summed E-state index contributed by atoms with van der Waals surface area (Å²) in [7, 11) is 2.03. The van der Waals surface area contributed by atoms with E-state index >= 15 is 0 Å². The van der Waals surface area contributed by atoms with Gasteiger partial charge >= 0.3 is 6.18 Å². The average Bonchev–Trinajstić information content (AvgIpc) is 3.43. The molecule has 3 heterocycles. The van der Waals surface area contributed by atoms with E-state index in [-0.39, 0.29) is 23.3 Å². The third-order valence-electron chi connectivity index (χ3n) is 8.08. The molecule has 1 aromatic carbocycles. The maximum Gasteiger partial charge on any atom is 0.417 e. The van der Waals surface area contributed by atoms with Gasteiger partial charge in [0, 0.05) is 63.4 Å². The van der Waals surface area contributed by atoms with Crippen molar-refractivity contribution in [2.75, 3.05) is 31.1 Å². The van der Waals surface area contributed by atoms with Crippen molar-refractivity contribution >= 4 is 11.6 Å². The van der Waals surface area contributed by atoms with E-state index in [1.807, 2.05) is 24.2 Å². The van der Waals surface area contributed by atoms with Crippen molar-refractivity contribution in [3.63, 3.8) is 0 Å². The number of halogens is 3. The number of carbonyl (C=O) groups excluding carboxylic acids is 1. The predicted octanol–water partition coefficient (Wildman–Crippen LogP) is 4.16. The quantitative estimate of drug-likeness (QED) is 0.649. The van der Waals surface area contributed by atoms with Crippen LogP contribution in [0, 0.1) is 29.1 Å². The van der Waals surface area contributed by atoms with Gasteiger partial charge in [-0.1, -0.05) is 0 Å². The summed E-state index contributed by atoms with van der Waals surface area (Å²) in [5.74, 6) is 0.670. The van der Waals surface area contributed by atoms with Crippen molar-refractivity contribution in [2.24, 2.45) is 24.8 Å². The molecule has 1 saturated carbocycles. The molecular weight excluding hydrogens is 467 g/mol. The molecule has 36 heavy (non-hydrogen) atoms. The molecule has 1 amide bonds. The molecule has 5 rings (SSSR count). The molecule has 0 radical (unpaired) electrons. The number of nitriles is 1. The first-order chi connectivity index (χ1) is 17.2. The first kappa shape index (κ1) is 24.7. The van der Waals surface area contributed by atoms with E-state index in [0.717, 1.165) is 51.4 Å². The minimum Gasteiger partial charge on any atom is -0.372 e. The Bertz CT molecular complexity index is 1140. The van der Waals surface area contributed by atoms with Crippen LogP contribution in [0.15, 0.2) is 36.5 Å². The second-order valence-corrected chi connectivity index (χ2v) is 10.5. The summed E-state index contributed by atoms with van der Waals surface area (Å²) in [5.41, 5.74) is 0.483. The number of hydrogen-bond donors (Lipinski definition) is 1. The molecule has 192 valence electrons. The van der Waals surface area contributed by atoms with Gasteiger partial charge in [0.25, 0.3) is 0 Å². The molecule has 0 spiro atoms. The van der Waals surface area contributed by atoms with Crippen LogP contribution in [-0.2, 0) is 24.6 Å². The second-order valence-electron chi connectivity index (χ2n) is 10.5. The summed E-state index contributed by atoms with van der Waals surface area (Å²) in [5, 5.41) is 12.3. The largest absolute Gasteiger partial charge is 0.417 e. The number of aromatic nitrogens is 1. The standard InChI is InChI=1S/C27H32F3N5O/c1-33-10-2-3-22(33)15-34-16-23(24(17-34)26(36)32-20-5-6-20)18-8-11-35(12-9-18)21-7-4-19(14-31)25(13-21)27(28,29)30/h2-4,7,10,13,18,20,23-24H,5-6,8-9,11-12,15-17H2,1H3,(H,32,36)/t23-,24+/m0/s1. The van der Waals surface area contributed by atoms with Crippen LogP contribution < -0.4 is 10.2 Å². The lowest BCUT2D eigenvalue weighted by atomic mass is 9.78. The van der Waals surface area contributed by atoms with Crippen LogP contribution in [0.4, 0.5) is 18.9 Å². The Morgan fingerprint density at radius 2 is 1.89 bits per heavy atom. The minimum absolute atomic E-state index is 0.0610. The molecule has 2 aliphatic heterocycles. The van der Waals surface area contributed by atoms with Crippen molar-refractivity contribution in [1.29, 1.82) is 5.26 Å². The van der Waals surface area contributed by atoms with E-state index in [2.05, 4.69) is 20.9 Å². The monoisotopic (exact) mass is 499 g/mol. The number of nitrogens with zero attached hydrogens (tertiary/aromatic N) is 4. The highest BCUT2D eigenvalue weighted by atomic mass is 19.4. The molecule has 3 aliphatic rings. The highest BCUT2D eigenvalue weighted by Crippen LogP contribution is 2.39. The summed E-state index contributed by atoms with van der Waals surface area (Å²) in [4.78, 5) is 17.5. The summed E-state index contributed by atoms with van der Waals surface area (Å²) >= 11 is 0. The molecule has 3 fully saturated rings. The zero-order valence-corrected chi connectivity index (χ0v) is 20.5. The van der Waals surface area contributed by atoms with Crippen LogP contribution in [0.3, 0.4) is 0 Å². The fourth-order valence-corrected chi connectivity index (χ4v) is 5.87. The van der Waals surface area contributed by atoms with Gasteiger partial charge in [0.05, 0.1) is 23.1 Å². The van der Waals surface area contributed by atoms with Crippen molar-refractivity contribution in [2.45, 2.75) is 44.4 Å². The number of benzene rings is 1. The smallest absolute Gasteiger partial charge is 0.372 e. The Morgan fingerprint density at radius 1 is 1.14 bits per heavy atom. The molecule has 1 N–H and O–H groups in total. The van der Waals surface area contributed by atoms with Crippen LogP contribution in [0.2, 0.25) is 0 Å². The van der Waals surface area contributed by atoms with Gasteiger partial charge in [-0.05, 0) is 67.9 Å². The number of carbonyl (C=O) groups is 1.